The number of hydrogen-bond acceptors (Lipinski definition) is 4. The summed E-state index contributed by atoms with van der Waals surface area (Å²) in [5, 5.41) is 2.48. The lowest BCUT2D eigenvalue weighted by Crippen LogP contribution is -2.62. The highest BCUT2D eigenvalue weighted by atomic mass is 16.3. The van der Waals surface area contributed by atoms with Crippen LogP contribution in [0.3, 0.4) is 0 Å². The Morgan fingerprint density at radius 1 is 1.35 bits per heavy atom. The molecule has 4 amide bonds. The summed E-state index contributed by atoms with van der Waals surface area (Å²) in [6, 6.07) is 1.11. The molecular formula is C13H15N3O4. The first-order chi connectivity index (χ1) is 9.47. The predicted molar refractivity (Wildman–Crippen MR) is 68.1 cm³/mol. The number of rotatable bonds is 2. The van der Waals surface area contributed by atoms with Gasteiger partial charge in [-0.1, -0.05) is 0 Å². The quantitative estimate of drug-likeness (QED) is 0.787. The summed E-state index contributed by atoms with van der Waals surface area (Å²) in [4.78, 5) is 38.1. The average molecular weight is 277 g/mol. The molecule has 1 aromatic heterocycles. The molecule has 3 heterocycles. The molecule has 106 valence electrons. The standard InChI is InChI=1S/C13H15N3O4/c1-7-3-10(8(2)20-7)12(18)15-5-9(6-15)16-11(17)4-14-13(16)19/h3,9H,4-6H2,1-2H3,(H,14,19). The smallest absolute Gasteiger partial charge is 0.324 e. The predicted octanol–water partition coefficient (Wildman–Crippen LogP) is 0.273. The van der Waals surface area contributed by atoms with Gasteiger partial charge in [-0.15, -0.1) is 0 Å². The summed E-state index contributed by atoms with van der Waals surface area (Å²) >= 11 is 0. The summed E-state index contributed by atoms with van der Waals surface area (Å²) < 4.78 is 5.34. The van der Waals surface area contributed by atoms with E-state index >= 15 is 0 Å². The van der Waals surface area contributed by atoms with Crippen LogP contribution in [0.15, 0.2) is 10.5 Å². The minimum atomic E-state index is -0.373. The van der Waals surface area contributed by atoms with Crippen molar-refractivity contribution in [2.75, 3.05) is 19.6 Å². The highest BCUT2D eigenvalue weighted by molar-refractivity contribution is 6.03. The zero-order chi connectivity index (χ0) is 14.4. The Morgan fingerprint density at radius 2 is 2.05 bits per heavy atom. The van der Waals surface area contributed by atoms with E-state index in [4.69, 9.17) is 4.42 Å². The van der Waals surface area contributed by atoms with E-state index in [0.29, 0.717) is 30.2 Å². The molecular weight excluding hydrogens is 262 g/mol. The third-order valence-electron chi connectivity index (χ3n) is 3.66. The Hall–Kier alpha value is -2.31. The van der Waals surface area contributed by atoms with Crippen molar-refractivity contribution >= 4 is 17.8 Å². The second-order valence-electron chi connectivity index (χ2n) is 5.11. The Labute approximate surface area is 115 Å². The van der Waals surface area contributed by atoms with E-state index in [1.807, 2.05) is 0 Å². The maximum atomic E-state index is 12.2. The average Bonchev–Trinajstić information content (AvgIpc) is 2.83. The van der Waals surface area contributed by atoms with E-state index in [2.05, 4.69) is 5.32 Å². The molecule has 0 saturated carbocycles. The van der Waals surface area contributed by atoms with Crippen LogP contribution < -0.4 is 5.32 Å². The largest absolute Gasteiger partial charge is 0.466 e. The first kappa shape index (κ1) is 12.7. The van der Waals surface area contributed by atoms with Gasteiger partial charge in [-0.05, 0) is 19.9 Å². The minimum Gasteiger partial charge on any atom is -0.466 e. The van der Waals surface area contributed by atoms with Crippen molar-refractivity contribution in [3.63, 3.8) is 0 Å². The van der Waals surface area contributed by atoms with E-state index in [1.54, 1.807) is 24.8 Å². The van der Waals surface area contributed by atoms with Gasteiger partial charge < -0.3 is 14.6 Å². The number of aryl methyl sites for hydroxylation is 2. The number of furan rings is 1. The van der Waals surface area contributed by atoms with Gasteiger partial charge in [-0.2, -0.15) is 0 Å². The second-order valence-corrected chi connectivity index (χ2v) is 5.11. The van der Waals surface area contributed by atoms with E-state index in [1.165, 1.54) is 4.90 Å². The number of carbonyl (C=O) groups excluding carboxylic acids is 3. The van der Waals surface area contributed by atoms with Crippen LogP contribution in [0, 0.1) is 13.8 Å². The minimum absolute atomic E-state index is 0.0450. The molecule has 3 rings (SSSR count). The number of imide groups is 1. The van der Waals surface area contributed by atoms with Crippen LogP contribution in [-0.2, 0) is 4.79 Å². The monoisotopic (exact) mass is 277 g/mol. The van der Waals surface area contributed by atoms with Gasteiger partial charge in [0, 0.05) is 13.1 Å². The van der Waals surface area contributed by atoms with Crippen LogP contribution in [-0.4, -0.2) is 53.3 Å². The van der Waals surface area contributed by atoms with Crippen molar-refractivity contribution in [3.05, 3.63) is 23.2 Å². The summed E-state index contributed by atoms with van der Waals surface area (Å²) in [6.07, 6.45) is 0. The molecule has 0 aromatic carbocycles. The van der Waals surface area contributed by atoms with Crippen molar-refractivity contribution in [2.24, 2.45) is 0 Å². The molecule has 0 bridgehead atoms. The van der Waals surface area contributed by atoms with Crippen LogP contribution in [0.25, 0.3) is 0 Å². The van der Waals surface area contributed by atoms with Crippen LogP contribution in [0.4, 0.5) is 4.79 Å². The number of amides is 4. The Bertz CT molecular complexity index is 585. The zero-order valence-corrected chi connectivity index (χ0v) is 11.3. The highest BCUT2D eigenvalue weighted by Gasteiger charge is 2.43. The van der Waals surface area contributed by atoms with Crippen LogP contribution >= 0.6 is 0 Å². The van der Waals surface area contributed by atoms with Crippen LogP contribution in [0.2, 0.25) is 0 Å². The van der Waals surface area contributed by atoms with Crippen LogP contribution in [0.5, 0.6) is 0 Å². The van der Waals surface area contributed by atoms with Gasteiger partial charge in [-0.25, -0.2) is 4.79 Å². The third kappa shape index (κ3) is 1.86. The lowest BCUT2D eigenvalue weighted by atomic mass is 10.1. The molecule has 0 unspecified atom stereocenters. The molecule has 2 saturated heterocycles. The van der Waals surface area contributed by atoms with Crippen molar-refractivity contribution in [1.29, 1.82) is 0 Å². The lowest BCUT2D eigenvalue weighted by molar-refractivity contribution is -0.128. The number of nitrogens with one attached hydrogen (secondary N) is 1. The van der Waals surface area contributed by atoms with Gasteiger partial charge in [0.05, 0.1) is 18.2 Å². The Balaban J connectivity index is 1.66. The molecule has 0 aliphatic carbocycles. The maximum absolute atomic E-state index is 12.2. The highest BCUT2D eigenvalue weighted by Crippen LogP contribution is 2.22. The van der Waals surface area contributed by atoms with Crippen LogP contribution in [0.1, 0.15) is 21.9 Å². The molecule has 1 N–H and O–H groups in total. The van der Waals surface area contributed by atoms with Crippen molar-refractivity contribution in [1.82, 2.24) is 15.1 Å². The summed E-state index contributed by atoms with van der Waals surface area (Å²) in [7, 11) is 0. The Morgan fingerprint density at radius 3 is 2.55 bits per heavy atom. The molecule has 2 aliphatic heterocycles. The fourth-order valence-corrected chi connectivity index (χ4v) is 2.60. The molecule has 2 fully saturated rings. The van der Waals surface area contributed by atoms with Crippen molar-refractivity contribution in [2.45, 2.75) is 19.9 Å². The molecule has 0 atom stereocenters. The van der Waals surface area contributed by atoms with E-state index in [0.717, 1.165) is 0 Å². The molecule has 0 radical (unpaired) electrons. The zero-order valence-electron chi connectivity index (χ0n) is 11.3. The van der Waals surface area contributed by atoms with Crippen molar-refractivity contribution in [3.8, 4) is 0 Å². The molecule has 0 spiro atoms. The van der Waals surface area contributed by atoms with E-state index in [9.17, 15) is 14.4 Å². The van der Waals surface area contributed by atoms with E-state index < -0.39 is 0 Å². The first-order valence-electron chi connectivity index (χ1n) is 6.43. The van der Waals surface area contributed by atoms with Gasteiger partial charge in [-0.3, -0.25) is 14.5 Å². The second kappa shape index (κ2) is 4.36. The SMILES string of the molecule is Cc1cc(C(=O)N2CC(N3C(=O)CNC3=O)C2)c(C)o1. The Kier molecular flexibility index (Phi) is 2.77. The van der Waals surface area contributed by atoms with E-state index in [-0.39, 0.29) is 30.4 Å². The van der Waals surface area contributed by atoms with Crippen molar-refractivity contribution < 1.29 is 18.8 Å². The number of likely N-dealkylation sites (tertiary alicyclic amines) is 1. The van der Waals surface area contributed by atoms with Gasteiger partial charge >= 0.3 is 6.03 Å². The molecule has 2 aliphatic rings. The molecule has 7 nitrogen and oxygen atoms in total. The number of carbonyl (C=O) groups is 3. The summed E-state index contributed by atoms with van der Waals surface area (Å²) in [6.45, 7) is 4.33. The molecule has 20 heavy (non-hydrogen) atoms. The molecule has 1 aromatic rings. The maximum Gasteiger partial charge on any atom is 0.324 e. The van der Waals surface area contributed by atoms with Gasteiger partial charge in [0.1, 0.15) is 11.5 Å². The van der Waals surface area contributed by atoms with Gasteiger partial charge in [0.2, 0.25) is 5.91 Å². The molecule has 7 heteroatoms. The fourth-order valence-electron chi connectivity index (χ4n) is 2.60. The normalized spacial score (nSPS) is 19.3. The van der Waals surface area contributed by atoms with Gasteiger partial charge in [0.15, 0.2) is 0 Å². The summed E-state index contributed by atoms with van der Waals surface area (Å²) in [5.41, 5.74) is 0.540. The summed E-state index contributed by atoms with van der Waals surface area (Å²) in [5.74, 6) is 0.924. The van der Waals surface area contributed by atoms with Gasteiger partial charge in [0.25, 0.3) is 5.91 Å². The first-order valence-corrected chi connectivity index (χ1v) is 6.43. The fraction of sp³-hybridized carbons (Fsp3) is 0.462. The lowest BCUT2D eigenvalue weighted by Gasteiger charge is -2.42. The number of hydrogen-bond donors (Lipinski definition) is 1. The topological polar surface area (TPSA) is 82.9 Å². The third-order valence-corrected chi connectivity index (χ3v) is 3.66. The number of urea groups is 1. The number of nitrogens with zero attached hydrogens (tertiary/aromatic N) is 2.